The van der Waals surface area contributed by atoms with Crippen LogP contribution in [0.4, 0.5) is 11.4 Å². The van der Waals surface area contributed by atoms with E-state index in [2.05, 4.69) is 21.2 Å². The van der Waals surface area contributed by atoms with Gasteiger partial charge >= 0.3 is 0 Å². The zero-order valence-electron chi connectivity index (χ0n) is 17.5. The second-order valence-corrected chi connectivity index (χ2v) is 10.0. The van der Waals surface area contributed by atoms with Crippen LogP contribution in [-0.4, -0.2) is 27.0 Å². The quantitative estimate of drug-likeness (QED) is 0.398. The van der Waals surface area contributed by atoms with Gasteiger partial charge in [-0.25, -0.2) is 8.42 Å². The summed E-state index contributed by atoms with van der Waals surface area (Å²) in [6.07, 6.45) is -0.787. The van der Waals surface area contributed by atoms with Crippen LogP contribution < -0.4 is 14.4 Å². The molecule has 1 N–H and O–H groups in total. The van der Waals surface area contributed by atoms with Crippen molar-refractivity contribution in [3.05, 3.63) is 82.3 Å². The van der Waals surface area contributed by atoms with Crippen molar-refractivity contribution in [2.75, 3.05) is 16.2 Å². The Labute approximate surface area is 201 Å². The molecule has 168 valence electrons. The van der Waals surface area contributed by atoms with E-state index in [1.807, 2.05) is 6.07 Å². The third kappa shape index (κ3) is 5.62. The number of halogens is 2. The number of carbonyl (C=O) groups is 1. The summed E-state index contributed by atoms with van der Waals surface area (Å²) in [4.78, 5) is 12.6. The van der Waals surface area contributed by atoms with Crippen molar-refractivity contribution in [3.8, 4) is 5.75 Å². The maximum atomic E-state index is 13.1. The van der Waals surface area contributed by atoms with Gasteiger partial charge in [-0.05, 0) is 84.4 Å². The number of hydrogen-bond acceptors (Lipinski definition) is 4. The summed E-state index contributed by atoms with van der Waals surface area (Å²) in [5.74, 6) is 0.112. The molecule has 9 heteroatoms. The van der Waals surface area contributed by atoms with E-state index in [9.17, 15) is 13.2 Å². The van der Waals surface area contributed by atoms with Crippen LogP contribution in [0.5, 0.6) is 5.75 Å². The first kappa shape index (κ1) is 24.1. The van der Waals surface area contributed by atoms with Gasteiger partial charge in [0.2, 0.25) is 0 Å². The molecule has 32 heavy (non-hydrogen) atoms. The second kappa shape index (κ2) is 10.4. The fourth-order valence-corrected chi connectivity index (χ4v) is 5.23. The Morgan fingerprint density at radius 2 is 1.75 bits per heavy atom. The molecule has 0 bridgehead atoms. The van der Waals surface area contributed by atoms with E-state index in [-0.39, 0.29) is 10.8 Å². The summed E-state index contributed by atoms with van der Waals surface area (Å²) in [5, 5.41) is 3.28. The smallest absolute Gasteiger partial charge is 0.265 e. The van der Waals surface area contributed by atoms with Crippen molar-refractivity contribution in [1.82, 2.24) is 0 Å². The van der Waals surface area contributed by atoms with Crippen LogP contribution in [0.15, 0.2) is 82.2 Å². The number of para-hydroxylation sites is 1. The van der Waals surface area contributed by atoms with Gasteiger partial charge in [0, 0.05) is 17.3 Å². The first-order valence-corrected chi connectivity index (χ1v) is 12.4. The lowest BCUT2D eigenvalue weighted by Gasteiger charge is -2.23. The third-order valence-corrected chi connectivity index (χ3v) is 7.38. The Morgan fingerprint density at radius 3 is 2.34 bits per heavy atom. The molecule has 0 spiro atoms. The Morgan fingerprint density at radius 1 is 1.09 bits per heavy atom. The first-order chi connectivity index (χ1) is 15.2. The summed E-state index contributed by atoms with van der Waals surface area (Å²) >= 11 is 9.27. The van der Waals surface area contributed by atoms with E-state index < -0.39 is 16.1 Å². The number of nitrogens with zero attached hydrogens (tertiary/aromatic N) is 1. The SMILES string of the molecule is CCN(c1ccccc1)S(=O)(=O)c1ccc(NC(=O)C(C)Oc2ccc(Cl)cc2Br)cc1. The highest BCUT2D eigenvalue weighted by Crippen LogP contribution is 2.29. The van der Waals surface area contributed by atoms with E-state index in [1.165, 1.54) is 16.4 Å². The van der Waals surface area contributed by atoms with Gasteiger partial charge in [0.1, 0.15) is 5.75 Å². The van der Waals surface area contributed by atoms with E-state index >= 15 is 0 Å². The van der Waals surface area contributed by atoms with Gasteiger partial charge in [-0.1, -0.05) is 29.8 Å². The van der Waals surface area contributed by atoms with E-state index in [0.717, 1.165) is 0 Å². The number of ether oxygens (including phenoxy) is 1. The highest BCUT2D eigenvalue weighted by molar-refractivity contribution is 9.10. The van der Waals surface area contributed by atoms with Crippen LogP contribution in [-0.2, 0) is 14.8 Å². The molecule has 3 aromatic carbocycles. The predicted molar refractivity (Wildman–Crippen MR) is 131 cm³/mol. The summed E-state index contributed by atoms with van der Waals surface area (Å²) < 4.78 is 33.8. The van der Waals surface area contributed by atoms with E-state index in [1.54, 1.807) is 68.4 Å². The molecule has 0 aliphatic heterocycles. The van der Waals surface area contributed by atoms with Gasteiger partial charge in [-0.3, -0.25) is 9.10 Å². The number of carbonyl (C=O) groups excluding carboxylic acids is 1. The Hall–Kier alpha value is -2.55. The second-order valence-electron chi connectivity index (χ2n) is 6.85. The lowest BCUT2D eigenvalue weighted by molar-refractivity contribution is -0.122. The number of sulfonamides is 1. The molecule has 1 unspecified atom stereocenters. The number of amides is 1. The van der Waals surface area contributed by atoms with Crippen LogP contribution in [0.1, 0.15) is 13.8 Å². The van der Waals surface area contributed by atoms with Gasteiger partial charge in [-0.2, -0.15) is 0 Å². The Kier molecular flexibility index (Phi) is 7.82. The van der Waals surface area contributed by atoms with E-state index in [4.69, 9.17) is 16.3 Å². The number of hydrogen-bond donors (Lipinski definition) is 1. The van der Waals surface area contributed by atoms with Gasteiger partial charge < -0.3 is 10.1 Å². The lowest BCUT2D eigenvalue weighted by Crippen LogP contribution is -2.31. The molecule has 0 aliphatic rings. The summed E-state index contributed by atoms with van der Waals surface area (Å²) in [5.41, 5.74) is 1.05. The van der Waals surface area contributed by atoms with Crippen LogP contribution in [0.2, 0.25) is 5.02 Å². The molecule has 0 saturated carbocycles. The van der Waals surface area contributed by atoms with Gasteiger partial charge in [0.15, 0.2) is 6.10 Å². The number of anilines is 2. The molecule has 3 rings (SSSR count). The molecule has 6 nitrogen and oxygen atoms in total. The molecule has 0 saturated heterocycles. The maximum absolute atomic E-state index is 13.1. The normalized spacial score (nSPS) is 12.1. The molecule has 1 atom stereocenters. The van der Waals surface area contributed by atoms with Crippen LogP contribution in [0, 0.1) is 0 Å². The molecule has 0 aliphatic carbocycles. The fourth-order valence-electron chi connectivity index (χ4n) is 2.98. The summed E-state index contributed by atoms with van der Waals surface area (Å²) in [7, 11) is -3.73. The van der Waals surface area contributed by atoms with Crippen molar-refractivity contribution in [2.45, 2.75) is 24.8 Å². The van der Waals surface area contributed by atoms with Gasteiger partial charge in [0.05, 0.1) is 15.1 Å². The highest BCUT2D eigenvalue weighted by Gasteiger charge is 2.23. The zero-order valence-corrected chi connectivity index (χ0v) is 20.6. The zero-order chi connectivity index (χ0) is 23.3. The lowest BCUT2D eigenvalue weighted by atomic mass is 10.3. The monoisotopic (exact) mass is 536 g/mol. The number of benzene rings is 3. The molecule has 0 aromatic heterocycles. The summed E-state index contributed by atoms with van der Waals surface area (Å²) in [6, 6.07) is 20.0. The van der Waals surface area contributed by atoms with Crippen molar-refractivity contribution >= 4 is 54.8 Å². The van der Waals surface area contributed by atoms with Crippen molar-refractivity contribution in [3.63, 3.8) is 0 Å². The number of nitrogens with one attached hydrogen (secondary N) is 1. The average Bonchev–Trinajstić information content (AvgIpc) is 2.77. The molecule has 0 radical (unpaired) electrons. The van der Waals surface area contributed by atoms with Crippen LogP contribution >= 0.6 is 27.5 Å². The van der Waals surface area contributed by atoms with E-state index in [0.29, 0.717) is 33.2 Å². The molecule has 0 fully saturated rings. The maximum Gasteiger partial charge on any atom is 0.265 e. The van der Waals surface area contributed by atoms with Crippen LogP contribution in [0.3, 0.4) is 0 Å². The largest absolute Gasteiger partial charge is 0.480 e. The molecule has 1 amide bonds. The van der Waals surface area contributed by atoms with Crippen molar-refractivity contribution < 1.29 is 17.9 Å². The van der Waals surface area contributed by atoms with Gasteiger partial charge in [0.25, 0.3) is 15.9 Å². The first-order valence-electron chi connectivity index (χ1n) is 9.82. The van der Waals surface area contributed by atoms with Gasteiger partial charge in [-0.15, -0.1) is 0 Å². The fraction of sp³-hybridized carbons (Fsp3) is 0.174. The Balaban J connectivity index is 1.70. The molecular weight excluding hydrogens is 516 g/mol. The minimum absolute atomic E-state index is 0.135. The average molecular weight is 538 g/mol. The predicted octanol–water partition coefficient (Wildman–Crippen LogP) is 5.72. The minimum Gasteiger partial charge on any atom is -0.480 e. The topological polar surface area (TPSA) is 75.7 Å². The van der Waals surface area contributed by atoms with Crippen molar-refractivity contribution in [1.29, 1.82) is 0 Å². The summed E-state index contributed by atoms with van der Waals surface area (Å²) in [6.45, 7) is 3.69. The molecular formula is C23H22BrClN2O4S. The highest BCUT2D eigenvalue weighted by atomic mass is 79.9. The molecule has 3 aromatic rings. The Bertz CT molecular complexity index is 1190. The standard InChI is InChI=1S/C23H22BrClN2O4S/c1-3-27(19-7-5-4-6-8-19)32(29,30)20-12-10-18(11-13-20)26-23(28)16(2)31-22-14-9-17(25)15-21(22)24/h4-16H,3H2,1-2H3,(H,26,28). The number of rotatable bonds is 8. The van der Waals surface area contributed by atoms with Crippen LogP contribution in [0.25, 0.3) is 0 Å². The molecule has 0 heterocycles. The van der Waals surface area contributed by atoms with Crippen molar-refractivity contribution in [2.24, 2.45) is 0 Å². The third-order valence-electron chi connectivity index (χ3n) is 4.61. The minimum atomic E-state index is -3.73.